The number of rotatable bonds is 7. The fraction of sp³-hybridized carbons (Fsp3) is 0.385. The summed E-state index contributed by atoms with van der Waals surface area (Å²) >= 11 is 1.11. The lowest BCUT2D eigenvalue weighted by Gasteiger charge is -2.17. The monoisotopic (exact) mass is 357 g/mol. The highest BCUT2D eigenvalue weighted by atomic mass is 32.2. The van der Waals surface area contributed by atoms with Crippen molar-refractivity contribution in [2.75, 3.05) is 31.9 Å². The minimum absolute atomic E-state index is 0.0207. The van der Waals surface area contributed by atoms with E-state index in [1.165, 1.54) is 21.8 Å². The van der Waals surface area contributed by atoms with Gasteiger partial charge in [-0.15, -0.1) is 11.3 Å². The highest BCUT2D eigenvalue weighted by Gasteiger charge is 2.26. The molecule has 2 N–H and O–H groups in total. The number of aromatic nitrogens is 2. The lowest BCUT2D eigenvalue weighted by Crippen LogP contribution is -2.33. The molecule has 0 radical (unpaired) electrons. The second-order valence-corrected chi connectivity index (χ2v) is 7.52. The normalized spacial score (nSPS) is 11.4. The van der Waals surface area contributed by atoms with Crippen LogP contribution in [0.15, 0.2) is 28.7 Å². The number of thiophene rings is 1. The van der Waals surface area contributed by atoms with Gasteiger partial charge in [0.1, 0.15) is 9.77 Å². The molecule has 10 heteroatoms. The predicted octanol–water partition coefficient (Wildman–Crippen LogP) is 0.574. The zero-order valence-corrected chi connectivity index (χ0v) is 14.7. The number of carbonyl (C=O) groups excluding carboxylic acids is 1. The third-order valence-electron chi connectivity index (χ3n) is 3.11. The molecule has 0 unspecified atom stereocenters. The van der Waals surface area contributed by atoms with Crippen molar-refractivity contribution >= 4 is 33.0 Å². The molecule has 0 fully saturated rings. The van der Waals surface area contributed by atoms with Gasteiger partial charge in [-0.25, -0.2) is 8.42 Å². The maximum Gasteiger partial charge on any atom is 0.265 e. The molecule has 0 aliphatic rings. The summed E-state index contributed by atoms with van der Waals surface area (Å²) in [5.74, 6) is -0.318. The molecule has 126 valence electrons. The van der Waals surface area contributed by atoms with Crippen LogP contribution in [0.5, 0.6) is 0 Å². The minimum atomic E-state index is -3.84. The van der Waals surface area contributed by atoms with Crippen molar-refractivity contribution in [1.29, 1.82) is 0 Å². The highest BCUT2D eigenvalue weighted by molar-refractivity contribution is 7.93. The van der Waals surface area contributed by atoms with E-state index in [0.717, 1.165) is 11.3 Å². The summed E-state index contributed by atoms with van der Waals surface area (Å²) in [6.45, 7) is 1.12. The van der Waals surface area contributed by atoms with Gasteiger partial charge in [0.05, 0.1) is 11.9 Å². The largest absolute Gasteiger partial charge is 0.340 e. The molecule has 2 rings (SSSR count). The molecule has 2 aromatic heterocycles. The van der Waals surface area contributed by atoms with Crippen molar-refractivity contribution in [1.82, 2.24) is 20.0 Å². The lowest BCUT2D eigenvalue weighted by atomic mass is 10.4. The van der Waals surface area contributed by atoms with Crippen LogP contribution in [-0.4, -0.2) is 56.2 Å². The molecule has 0 saturated carbocycles. The first-order valence-electron chi connectivity index (χ1n) is 6.84. The fourth-order valence-corrected chi connectivity index (χ4v) is 4.35. The van der Waals surface area contributed by atoms with Crippen LogP contribution in [0.1, 0.15) is 9.67 Å². The number of likely N-dealkylation sites (N-methyl/N-ethyl adjacent to an activating group) is 2. The Bertz CT molecular complexity index is 781. The Kier molecular flexibility index (Phi) is 5.39. The second kappa shape index (κ2) is 7.11. The Morgan fingerprint density at radius 1 is 1.48 bits per heavy atom. The predicted molar refractivity (Wildman–Crippen MR) is 89.2 cm³/mol. The number of sulfonamides is 1. The van der Waals surface area contributed by atoms with E-state index >= 15 is 0 Å². The molecule has 8 nitrogen and oxygen atoms in total. The molecule has 1 amide bonds. The summed E-state index contributed by atoms with van der Waals surface area (Å²) in [5.41, 5.74) is 0.348. The average Bonchev–Trinajstić information content (AvgIpc) is 3.13. The first kappa shape index (κ1) is 17.4. The average molecular weight is 357 g/mol. The van der Waals surface area contributed by atoms with Gasteiger partial charge >= 0.3 is 0 Å². The van der Waals surface area contributed by atoms with E-state index in [9.17, 15) is 13.2 Å². The van der Waals surface area contributed by atoms with E-state index in [0.29, 0.717) is 18.8 Å². The standard InChI is InChI=1S/C13H19N5O3S2/c1-14-5-6-17(2)13(19)12-11(4-7-22-12)23(20,21)16-10-8-15-18(3)9-10/h4,7-9,14,16H,5-6H2,1-3H3. The van der Waals surface area contributed by atoms with E-state index in [4.69, 9.17) is 0 Å². The number of nitrogens with zero attached hydrogens (tertiary/aromatic N) is 3. The number of hydrogen-bond donors (Lipinski definition) is 2. The summed E-state index contributed by atoms with van der Waals surface area (Å²) in [6, 6.07) is 1.43. The van der Waals surface area contributed by atoms with E-state index in [2.05, 4.69) is 15.1 Å². The van der Waals surface area contributed by atoms with Gasteiger partial charge in [0, 0.05) is 33.4 Å². The maximum atomic E-state index is 12.5. The minimum Gasteiger partial charge on any atom is -0.340 e. The third-order valence-corrected chi connectivity index (χ3v) is 5.57. The Hall–Kier alpha value is -1.91. The van der Waals surface area contributed by atoms with Crippen molar-refractivity contribution in [3.63, 3.8) is 0 Å². The van der Waals surface area contributed by atoms with Gasteiger partial charge in [-0.2, -0.15) is 5.10 Å². The quantitative estimate of drug-likeness (QED) is 0.755. The Balaban J connectivity index is 2.24. The summed E-state index contributed by atoms with van der Waals surface area (Å²) in [5, 5.41) is 8.45. The molecule has 0 aromatic carbocycles. The molecule has 0 atom stereocenters. The van der Waals surface area contributed by atoms with Crippen molar-refractivity contribution < 1.29 is 13.2 Å². The maximum absolute atomic E-state index is 12.5. The highest BCUT2D eigenvalue weighted by Crippen LogP contribution is 2.25. The molecular formula is C13H19N5O3S2. The Morgan fingerprint density at radius 3 is 2.83 bits per heavy atom. The van der Waals surface area contributed by atoms with Gasteiger partial charge in [0.2, 0.25) is 0 Å². The number of nitrogens with one attached hydrogen (secondary N) is 2. The van der Waals surface area contributed by atoms with Gasteiger partial charge in [0.25, 0.3) is 15.9 Å². The summed E-state index contributed by atoms with van der Waals surface area (Å²) in [7, 11) is 1.28. The zero-order valence-electron chi connectivity index (χ0n) is 13.1. The van der Waals surface area contributed by atoms with Crippen LogP contribution in [0.25, 0.3) is 0 Å². The molecule has 0 spiro atoms. The van der Waals surface area contributed by atoms with Crippen LogP contribution in [-0.2, 0) is 17.1 Å². The first-order valence-corrected chi connectivity index (χ1v) is 9.20. The van der Waals surface area contributed by atoms with Crippen molar-refractivity contribution in [3.05, 3.63) is 28.7 Å². The van der Waals surface area contributed by atoms with Gasteiger partial charge in [0.15, 0.2) is 0 Å². The van der Waals surface area contributed by atoms with Crippen molar-refractivity contribution in [3.8, 4) is 0 Å². The fourth-order valence-electron chi connectivity index (χ4n) is 1.90. The Labute approximate surface area is 139 Å². The molecule has 0 aliphatic heterocycles. The number of aryl methyl sites for hydroxylation is 1. The van der Waals surface area contributed by atoms with Crippen molar-refractivity contribution in [2.45, 2.75) is 4.90 Å². The van der Waals surface area contributed by atoms with Gasteiger partial charge in [-0.1, -0.05) is 0 Å². The van der Waals surface area contributed by atoms with Crippen LogP contribution in [0, 0.1) is 0 Å². The SMILES string of the molecule is CNCCN(C)C(=O)c1sccc1S(=O)(=O)Nc1cnn(C)c1. The topological polar surface area (TPSA) is 96.3 Å². The molecule has 23 heavy (non-hydrogen) atoms. The Morgan fingerprint density at radius 2 is 2.22 bits per heavy atom. The zero-order chi connectivity index (χ0) is 17.0. The van der Waals surface area contributed by atoms with Crippen LogP contribution < -0.4 is 10.0 Å². The van der Waals surface area contributed by atoms with E-state index < -0.39 is 10.0 Å². The third kappa shape index (κ3) is 4.09. The van der Waals surface area contributed by atoms with Crippen LogP contribution in [0.2, 0.25) is 0 Å². The smallest absolute Gasteiger partial charge is 0.265 e. The lowest BCUT2D eigenvalue weighted by molar-refractivity contribution is 0.0798. The van der Waals surface area contributed by atoms with E-state index in [-0.39, 0.29) is 15.7 Å². The van der Waals surface area contributed by atoms with Gasteiger partial charge < -0.3 is 10.2 Å². The number of carbonyl (C=O) groups is 1. The van der Waals surface area contributed by atoms with E-state index in [1.807, 2.05) is 0 Å². The number of hydrogen-bond acceptors (Lipinski definition) is 6. The summed E-state index contributed by atoms with van der Waals surface area (Å²) < 4.78 is 28.9. The molecular weight excluding hydrogens is 338 g/mol. The molecule has 2 aromatic rings. The van der Waals surface area contributed by atoms with Crippen molar-refractivity contribution in [2.24, 2.45) is 7.05 Å². The van der Waals surface area contributed by atoms with Crippen LogP contribution in [0.3, 0.4) is 0 Å². The van der Waals surface area contributed by atoms with Crippen LogP contribution in [0.4, 0.5) is 5.69 Å². The van der Waals surface area contributed by atoms with E-state index in [1.54, 1.807) is 32.7 Å². The van der Waals surface area contributed by atoms with Gasteiger partial charge in [-0.05, 0) is 18.5 Å². The first-order chi connectivity index (χ1) is 10.8. The number of anilines is 1. The number of amides is 1. The molecule has 0 aliphatic carbocycles. The van der Waals surface area contributed by atoms with Gasteiger partial charge in [-0.3, -0.25) is 14.2 Å². The summed E-state index contributed by atoms with van der Waals surface area (Å²) in [4.78, 5) is 14.1. The van der Waals surface area contributed by atoms with Crippen LogP contribution >= 0.6 is 11.3 Å². The second-order valence-electron chi connectivity index (χ2n) is 4.95. The summed E-state index contributed by atoms with van der Waals surface area (Å²) in [6.07, 6.45) is 2.95. The molecule has 0 bridgehead atoms. The molecule has 2 heterocycles. The molecule has 0 saturated heterocycles.